The number of hydrogen-bond acceptors (Lipinski definition) is 2. The fraction of sp³-hybridized carbons (Fsp3) is 0.333. The first-order valence-corrected chi connectivity index (χ1v) is 6.98. The van der Waals surface area contributed by atoms with Gasteiger partial charge in [0.25, 0.3) is 5.91 Å². The van der Waals surface area contributed by atoms with Gasteiger partial charge in [0.2, 0.25) is 0 Å². The van der Waals surface area contributed by atoms with Gasteiger partial charge in [0.15, 0.2) is 0 Å². The first-order chi connectivity index (χ1) is 9.75. The lowest BCUT2D eigenvalue weighted by Crippen LogP contribution is -2.23. The van der Waals surface area contributed by atoms with Crippen molar-refractivity contribution in [2.24, 2.45) is 5.41 Å². The predicted molar refractivity (Wildman–Crippen MR) is 85.9 cm³/mol. The van der Waals surface area contributed by atoms with Gasteiger partial charge >= 0.3 is 0 Å². The summed E-state index contributed by atoms with van der Waals surface area (Å²) in [5, 5.41) is 2.82. The van der Waals surface area contributed by atoms with Crippen molar-refractivity contribution in [2.45, 2.75) is 34.6 Å². The maximum Gasteiger partial charge on any atom is 0.255 e. The van der Waals surface area contributed by atoms with E-state index < -0.39 is 5.41 Å². The highest BCUT2D eigenvalue weighted by atomic mass is 16.1. The van der Waals surface area contributed by atoms with Crippen LogP contribution in [0.4, 0.5) is 0 Å². The number of rotatable bonds is 5. The minimum absolute atomic E-state index is 0.121. The van der Waals surface area contributed by atoms with Gasteiger partial charge in [-0.15, -0.1) is 0 Å². The van der Waals surface area contributed by atoms with Gasteiger partial charge in [-0.1, -0.05) is 29.8 Å². The van der Waals surface area contributed by atoms with Crippen molar-refractivity contribution in [3.05, 3.63) is 59.3 Å². The molecule has 0 bridgehead atoms. The zero-order valence-electron chi connectivity index (χ0n) is 13.4. The van der Waals surface area contributed by atoms with E-state index in [2.05, 4.69) is 5.32 Å². The maximum atomic E-state index is 12.0. The molecule has 3 heteroatoms. The average molecular weight is 285 g/mol. The fourth-order valence-electron chi connectivity index (χ4n) is 1.62. The smallest absolute Gasteiger partial charge is 0.255 e. The Balaban J connectivity index is 2.78. The number of hydrogen-bond donors (Lipinski definition) is 1. The number of carbonyl (C=O) groups is 2. The zero-order valence-corrected chi connectivity index (χ0v) is 13.4. The average Bonchev–Trinajstić information content (AvgIpc) is 2.45. The van der Waals surface area contributed by atoms with Gasteiger partial charge < -0.3 is 5.32 Å². The molecule has 0 saturated heterocycles. The van der Waals surface area contributed by atoms with Gasteiger partial charge in [0, 0.05) is 16.7 Å². The molecule has 1 N–H and O–H groups in total. The zero-order chi connectivity index (χ0) is 16.0. The molecule has 1 rings (SSSR count). The summed E-state index contributed by atoms with van der Waals surface area (Å²) in [7, 11) is 0. The summed E-state index contributed by atoms with van der Waals surface area (Å²) in [6, 6.07) is 9.06. The van der Waals surface area contributed by atoms with Crippen LogP contribution in [-0.2, 0) is 4.79 Å². The van der Waals surface area contributed by atoms with Crippen LogP contribution in [0.15, 0.2) is 53.8 Å². The predicted octanol–water partition coefficient (Wildman–Crippen LogP) is 3.88. The van der Waals surface area contributed by atoms with Crippen molar-refractivity contribution < 1.29 is 9.59 Å². The second-order valence-corrected chi connectivity index (χ2v) is 5.70. The molecule has 0 heterocycles. The minimum Gasteiger partial charge on any atom is -0.326 e. The summed E-state index contributed by atoms with van der Waals surface area (Å²) >= 11 is 0. The van der Waals surface area contributed by atoms with Crippen molar-refractivity contribution in [3.63, 3.8) is 0 Å². The molecule has 1 aromatic carbocycles. The summed E-state index contributed by atoms with van der Waals surface area (Å²) in [5.74, 6) is -0.0168. The number of carbonyl (C=O) groups excluding carboxylic acids is 2. The normalized spacial score (nSPS) is 13.0. The summed E-state index contributed by atoms with van der Waals surface area (Å²) in [6.07, 6.45) is 3.70. The number of Topliss-reactive ketones (excluding diaryl/α,β-unsaturated/α-hetero) is 1. The number of amides is 1. The van der Waals surface area contributed by atoms with Gasteiger partial charge in [-0.05, 0) is 52.8 Å². The van der Waals surface area contributed by atoms with E-state index in [0.717, 1.165) is 11.3 Å². The van der Waals surface area contributed by atoms with E-state index in [1.165, 1.54) is 0 Å². The van der Waals surface area contributed by atoms with Gasteiger partial charge in [-0.3, -0.25) is 9.59 Å². The van der Waals surface area contributed by atoms with Crippen molar-refractivity contribution in [3.8, 4) is 0 Å². The summed E-state index contributed by atoms with van der Waals surface area (Å²) in [5.41, 5.74) is 1.83. The lowest BCUT2D eigenvalue weighted by Gasteiger charge is -2.21. The van der Waals surface area contributed by atoms with Crippen molar-refractivity contribution in [2.75, 3.05) is 0 Å². The molecular formula is C18H23NO2. The van der Waals surface area contributed by atoms with E-state index in [9.17, 15) is 9.59 Å². The number of nitrogens with one attached hydrogen (secondary N) is 1. The van der Waals surface area contributed by atoms with E-state index in [0.29, 0.717) is 5.56 Å². The van der Waals surface area contributed by atoms with Crippen LogP contribution >= 0.6 is 0 Å². The Morgan fingerprint density at radius 2 is 1.57 bits per heavy atom. The summed E-state index contributed by atoms with van der Waals surface area (Å²) in [4.78, 5) is 23.6. The third-order valence-electron chi connectivity index (χ3n) is 3.80. The second kappa shape index (κ2) is 7.02. The van der Waals surface area contributed by atoms with Crippen LogP contribution < -0.4 is 5.32 Å². The van der Waals surface area contributed by atoms with Crippen LogP contribution in [0.3, 0.4) is 0 Å². The molecule has 0 atom stereocenters. The van der Waals surface area contributed by atoms with Crippen molar-refractivity contribution in [1.29, 1.82) is 0 Å². The number of ketones is 1. The highest BCUT2D eigenvalue weighted by molar-refractivity contribution is 5.95. The van der Waals surface area contributed by atoms with E-state index in [4.69, 9.17) is 0 Å². The standard InChI is InChI=1S/C18H23NO2/c1-13(18(4,5)15(3)20)11-12-14(2)19-17(21)16-9-7-6-8-10-16/h6-12H,1-5H3,(H,19,21)/b13-11+,14-12+. The molecule has 0 fully saturated rings. The van der Waals surface area contributed by atoms with E-state index >= 15 is 0 Å². The Kier molecular flexibility index (Phi) is 5.65. The molecule has 0 unspecified atom stereocenters. The Hall–Kier alpha value is -2.16. The first kappa shape index (κ1) is 16.9. The maximum absolute atomic E-state index is 12.0. The highest BCUT2D eigenvalue weighted by Gasteiger charge is 2.24. The number of allylic oxidation sites excluding steroid dienone is 4. The van der Waals surface area contributed by atoms with E-state index in [1.807, 2.05) is 58.0 Å². The van der Waals surface area contributed by atoms with Gasteiger partial charge in [-0.2, -0.15) is 0 Å². The molecule has 3 nitrogen and oxygen atoms in total. The molecule has 0 aliphatic rings. The molecule has 0 aliphatic heterocycles. The van der Waals surface area contributed by atoms with Crippen LogP contribution in [0.2, 0.25) is 0 Å². The SMILES string of the molecule is CC(=O)C(C)(C)/C(C)=C/C=C(\C)NC(=O)c1ccccc1. The lowest BCUT2D eigenvalue weighted by molar-refractivity contribution is -0.123. The summed E-state index contributed by atoms with van der Waals surface area (Å²) < 4.78 is 0. The van der Waals surface area contributed by atoms with Crippen LogP contribution in [0.25, 0.3) is 0 Å². The van der Waals surface area contributed by atoms with Crippen LogP contribution in [0.5, 0.6) is 0 Å². The third-order valence-corrected chi connectivity index (χ3v) is 3.80. The van der Waals surface area contributed by atoms with Crippen molar-refractivity contribution >= 4 is 11.7 Å². The van der Waals surface area contributed by atoms with E-state index in [1.54, 1.807) is 19.1 Å². The third kappa shape index (κ3) is 4.71. The molecule has 0 aliphatic carbocycles. The molecule has 0 aromatic heterocycles. The first-order valence-electron chi connectivity index (χ1n) is 6.98. The van der Waals surface area contributed by atoms with Crippen LogP contribution in [-0.4, -0.2) is 11.7 Å². The summed E-state index contributed by atoms with van der Waals surface area (Å²) in [6.45, 7) is 9.13. The van der Waals surface area contributed by atoms with Gasteiger partial charge in [0.05, 0.1) is 0 Å². The van der Waals surface area contributed by atoms with Gasteiger partial charge in [-0.25, -0.2) is 0 Å². The Bertz CT molecular complexity index is 580. The molecule has 21 heavy (non-hydrogen) atoms. The topological polar surface area (TPSA) is 46.2 Å². The molecular weight excluding hydrogens is 262 g/mol. The molecule has 0 saturated carbocycles. The second-order valence-electron chi connectivity index (χ2n) is 5.70. The molecule has 0 spiro atoms. The van der Waals surface area contributed by atoms with Crippen LogP contribution in [0.1, 0.15) is 45.0 Å². The fourth-order valence-corrected chi connectivity index (χ4v) is 1.62. The quantitative estimate of drug-likeness (QED) is 0.834. The largest absolute Gasteiger partial charge is 0.326 e. The molecule has 112 valence electrons. The number of benzene rings is 1. The highest BCUT2D eigenvalue weighted by Crippen LogP contribution is 2.26. The Morgan fingerprint density at radius 1 is 1.00 bits per heavy atom. The lowest BCUT2D eigenvalue weighted by atomic mass is 9.81. The molecule has 1 amide bonds. The van der Waals surface area contributed by atoms with E-state index in [-0.39, 0.29) is 11.7 Å². The van der Waals surface area contributed by atoms with Gasteiger partial charge in [0.1, 0.15) is 5.78 Å². The monoisotopic (exact) mass is 285 g/mol. The minimum atomic E-state index is -0.486. The Labute approximate surface area is 126 Å². The molecule has 1 aromatic rings. The van der Waals surface area contributed by atoms with Crippen LogP contribution in [0, 0.1) is 5.41 Å². The van der Waals surface area contributed by atoms with Crippen molar-refractivity contribution in [1.82, 2.24) is 5.32 Å². The Morgan fingerprint density at radius 3 is 2.10 bits per heavy atom. The molecule has 0 radical (unpaired) electrons.